The Labute approximate surface area is 246 Å². The van der Waals surface area contributed by atoms with E-state index >= 15 is 0 Å². The third kappa shape index (κ3) is 6.77. The first-order valence-electron chi connectivity index (χ1n) is 13.0. The fourth-order valence-corrected chi connectivity index (χ4v) is 5.18. The summed E-state index contributed by atoms with van der Waals surface area (Å²) in [5, 5.41) is 14.9. The van der Waals surface area contributed by atoms with Crippen LogP contribution in [0.25, 0.3) is 10.9 Å². The van der Waals surface area contributed by atoms with E-state index < -0.39 is 18.2 Å². The molecule has 5 rings (SSSR count). The molecule has 9 nitrogen and oxygen atoms in total. The molecule has 1 aromatic heterocycles. The van der Waals surface area contributed by atoms with Gasteiger partial charge in [-0.1, -0.05) is 35.3 Å². The number of aliphatic hydroxyl groups excluding tert-OH is 1. The number of nitrogens with zero attached hydrogens (tertiary/aromatic N) is 1. The summed E-state index contributed by atoms with van der Waals surface area (Å²) in [7, 11) is 1.42. The molecule has 4 aromatic rings. The van der Waals surface area contributed by atoms with Crippen molar-refractivity contribution in [2.24, 2.45) is 0 Å². The van der Waals surface area contributed by atoms with E-state index in [0.717, 1.165) is 27.7 Å². The Morgan fingerprint density at radius 1 is 1.05 bits per heavy atom. The fourth-order valence-electron chi connectivity index (χ4n) is 4.88. The van der Waals surface area contributed by atoms with Crippen LogP contribution >= 0.6 is 23.2 Å². The Morgan fingerprint density at radius 3 is 2.49 bits per heavy atom. The highest BCUT2D eigenvalue weighted by atomic mass is 35.5. The summed E-state index contributed by atoms with van der Waals surface area (Å²) in [4.78, 5) is 30.2. The standard InChI is InChI=1S/C30H29Cl2N3O6/c1-39-17-27(37)33-15-21(36)16-40-22-7-2-18(3-8-22)29-28-24(25-14-20(32)6-11-26(25)34-28)12-13-35(29)30(38)41-23-9-4-19(31)5-10-23/h2-11,14,21,29,34,36H,12-13,15-17H2,1H3,(H,33,37)/t21?,29-/m0/s1. The van der Waals surface area contributed by atoms with E-state index in [4.69, 9.17) is 37.4 Å². The monoisotopic (exact) mass is 597 g/mol. The van der Waals surface area contributed by atoms with Crippen LogP contribution in [-0.4, -0.2) is 66.5 Å². The number of aromatic amines is 1. The van der Waals surface area contributed by atoms with Gasteiger partial charge in [0.1, 0.15) is 36.9 Å². The molecule has 3 N–H and O–H groups in total. The Hall–Kier alpha value is -3.76. The quantitative estimate of drug-likeness (QED) is 0.247. The molecule has 2 amide bonds. The van der Waals surface area contributed by atoms with Crippen molar-refractivity contribution in [1.82, 2.24) is 15.2 Å². The Kier molecular flexibility index (Phi) is 8.99. The van der Waals surface area contributed by atoms with E-state index in [-0.39, 0.29) is 25.7 Å². The van der Waals surface area contributed by atoms with Crippen LogP contribution in [0.2, 0.25) is 10.0 Å². The van der Waals surface area contributed by atoms with E-state index in [1.165, 1.54) is 7.11 Å². The predicted octanol–water partition coefficient (Wildman–Crippen LogP) is 5.12. The summed E-state index contributed by atoms with van der Waals surface area (Å²) < 4.78 is 16.2. The number of carbonyl (C=O) groups excluding carboxylic acids is 2. The van der Waals surface area contributed by atoms with Crippen molar-refractivity contribution in [1.29, 1.82) is 0 Å². The molecule has 0 radical (unpaired) electrons. The summed E-state index contributed by atoms with van der Waals surface area (Å²) in [5.74, 6) is 0.611. The maximum atomic E-state index is 13.5. The van der Waals surface area contributed by atoms with Crippen LogP contribution in [0.5, 0.6) is 11.5 Å². The Morgan fingerprint density at radius 2 is 1.76 bits per heavy atom. The maximum absolute atomic E-state index is 13.5. The van der Waals surface area contributed by atoms with Gasteiger partial charge < -0.3 is 29.6 Å². The number of amides is 2. The molecule has 41 heavy (non-hydrogen) atoms. The van der Waals surface area contributed by atoms with Crippen molar-refractivity contribution >= 4 is 46.1 Å². The minimum Gasteiger partial charge on any atom is -0.491 e. The minimum absolute atomic E-state index is 0.0114. The molecule has 1 unspecified atom stereocenters. The van der Waals surface area contributed by atoms with Crippen LogP contribution in [0.3, 0.4) is 0 Å². The number of H-pyrrole nitrogens is 1. The molecule has 2 heterocycles. The number of methoxy groups -OCH3 is 1. The van der Waals surface area contributed by atoms with Crippen LogP contribution in [0.15, 0.2) is 66.7 Å². The molecular formula is C30H29Cl2N3O6. The normalized spacial score (nSPS) is 15.3. The van der Waals surface area contributed by atoms with Crippen LogP contribution in [0.1, 0.15) is 22.9 Å². The van der Waals surface area contributed by atoms with Gasteiger partial charge in [0.25, 0.3) is 0 Å². The molecule has 11 heteroatoms. The molecule has 0 saturated carbocycles. The third-order valence-electron chi connectivity index (χ3n) is 6.79. The highest BCUT2D eigenvalue weighted by Crippen LogP contribution is 2.40. The lowest BCUT2D eigenvalue weighted by atomic mass is 9.92. The van der Waals surface area contributed by atoms with Crippen LogP contribution < -0.4 is 14.8 Å². The molecule has 214 valence electrons. The number of hydrogen-bond acceptors (Lipinski definition) is 6. The van der Waals surface area contributed by atoms with Gasteiger partial charge in [-0.2, -0.15) is 0 Å². The minimum atomic E-state index is -0.896. The number of ether oxygens (including phenoxy) is 3. The number of rotatable bonds is 9. The zero-order valence-electron chi connectivity index (χ0n) is 22.2. The first-order valence-corrected chi connectivity index (χ1v) is 13.8. The smallest absolute Gasteiger partial charge is 0.416 e. The molecule has 0 saturated heterocycles. The predicted molar refractivity (Wildman–Crippen MR) is 156 cm³/mol. The highest BCUT2D eigenvalue weighted by Gasteiger charge is 2.35. The number of aromatic nitrogens is 1. The second kappa shape index (κ2) is 12.8. The van der Waals surface area contributed by atoms with Gasteiger partial charge in [0.2, 0.25) is 5.91 Å². The summed E-state index contributed by atoms with van der Waals surface area (Å²) in [6.07, 6.45) is -0.756. The van der Waals surface area contributed by atoms with Gasteiger partial charge in [0.05, 0.1) is 0 Å². The van der Waals surface area contributed by atoms with Gasteiger partial charge in [-0.25, -0.2) is 4.79 Å². The molecule has 2 atom stereocenters. The van der Waals surface area contributed by atoms with E-state index in [1.807, 2.05) is 30.3 Å². The van der Waals surface area contributed by atoms with Crippen molar-refractivity contribution in [2.45, 2.75) is 18.6 Å². The zero-order chi connectivity index (χ0) is 28.9. The van der Waals surface area contributed by atoms with Gasteiger partial charge in [-0.05, 0) is 72.1 Å². The van der Waals surface area contributed by atoms with E-state index in [9.17, 15) is 14.7 Å². The third-order valence-corrected chi connectivity index (χ3v) is 7.28. The molecular weight excluding hydrogens is 569 g/mol. The topological polar surface area (TPSA) is 113 Å². The summed E-state index contributed by atoms with van der Waals surface area (Å²) in [5.41, 5.74) is 3.76. The number of hydrogen-bond donors (Lipinski definition) is 3. The van der Waals surface area contributed by atoms with Crippen LogP contribution in [-0.2, 0) is 16.0 Å². The lowest BCUT2D eigenvalue weighted by molar-refractivity contribution is -0.125. The number of aliphatic hydroxyl groups is 1. The number of halogens is 2. The van der Waals surface area contributed by atoms with Crippen molar-refractivity contribution in [3.63, 3.8) is 0 Å². The SMILES string of the molecule is COCC(=O)NCC(O)COc1ccc([C@H]2c3[nH]c4ccc(Cl)cc4c3CCN2C(=O)Oc2ccc(Cl)cc2)cc1. The summed E-state index contributed by atoms with van der Waals surface area (Å²) in [6.45, 7) is 0.386. The van der Waals surface area contributed by atoms with Gasteiger partial charge in [-0.15, -0.1) is 0 Å². The Bertz CT molecular complexity index is 1520. The van der Waals surface area contributed by atoms with Gasteiger partial charge in [-0.3, -0.25) is 9.69 Å². The second-order valence-electron chi connectivity index (χ2n) is 9.65. The average Bonchev–Trinajstić information content (AvgIpc) is 3.34. The largest absolute Gasteiger partial charge is 0.491 e. The number of fused-ring (bicyclic) bond motifs is 3. The first kappa shape index (κ1) is 28.8. The van der Waals surface area contributed by atoms with Crippen LogP contribution in [0, 0.1) is 0 Å². The number of nitrogens with one attached hydrogen (secondary N) is 2. The highest BCUT2D eigenvalue weighted by molar-refractivity contribution is 6.31. The van der Waals surface area contributed by atoms with Crippen molar-refractivity contribution in [3.05, 3.63) is 93.6 Å². The van der Waals surface area contributed by atoms with Gasteiger partial charge >= 0.3 is 6.09 Å². The summed E-state index contributed by atoms with van der Waals surface area (Å²) in [6, 6.07) is 19.2. The van der Waals surface area contributed by atoms with Gasteiger partial charge in [0, 0.05) is 46.8 Å². The van der Waals surface area contributed by atoms with Crippen molar-refractivity contribution in [2.75, 3.05) is 33.4 Å². The molecule has 1 aliphatic heterocycles. The van der Waals surface area contributed by atoms with Crippen molar-refractivity contribution < 1.29 is 28.9 Å². The summed E-state index contributed by atoms with van der Waals surface area (Å²) >= 11 is 12.3. The number of carbonyl (C=O) groups is 2. The Balaban J connectivity index is 1.37. The zero-order valence-corrected chi connectivity index (χ0v) is 23.7. The average molecular weight is 598 g/mol. The molecule has 3 aromatic carbocycles. The second-order valence-corrected chi connectivity index (χ2v) is 10.5. The van der Waals surface area contributed by atoms with E-state index in [0.29, 0.717) is 34.5 Å². The molecule has 0 aliphatic carbocycles. The number of benzene rings is 3. The van der Waals surface area contributed by atoms with E-state index in [1.54, 1.807) is 41.3 Å². The van der Waals surface area contributed by atoms with Crippen LogP contribution in [0.4, 0.5) is 4.79 Å². The van der Waals surface area contributed by atoms with E-state index in [2.05, 4.69) is 10.3 Å². The lowest BCUT2D eigenvalue weighted by Gasteiger charge is -2.35. The fraction of sp³-hybridized carbons (Fsp3) is 0.267. The lowest BCUT2D eigenvalue weighted by Crippen LogP contribution is -2.42. The first-order chi connectivity index (χ1) is 19.8. The maximum Gasteiger partial charge on any atom is 0.416 e. The van der Waals surface area contributed by atoms with Gasteiger partial charge in [0.15, 0.2) is 0 Å². The molecule has 0 spiro atoms. The van der Waals surface area contributed by atoms with Crippen molar-refractivity contribution in [3.8, 4) is 11.5 Å². The molecule has 1 aliphatic rings. The molecule has 0 fully saturated rings. The molecule has 0 bridgehead atoms.